The lowest BCUT2D eigenvalue weighted by Gasteiger charge is -2.41. The molecule has 1 atom stereocenters. The first-order chi connectivity index (χ1) is 12.0. The van der Waals surface area contributed by atoms with Gasteiger partial charge in [-0.05, 0) is 38.0 Å². The smallest absolute Gasteiger partial charge is 0.221 e. The summed E-state index contributed by atoms with van der Waals surface area (Å²) in [6.07, 6.45) is 3.08. The average Bonchev–Trinajstić information content (AvgIpc) is 2.56. The molecule has 0 saturated carbocycles. The Kier molecular flexibility index (Phi) is 7.62. The van der Waals surface area contributed by atoms with Crippen molar-refractivity contribution in [3.63, 3.8) is 0 Å². The normalized spacial score (nSPS) is 18.8. The number of nitrogens with one attached hydrogen (secondary N) is 1. The van der Waals surface area contributed by atoms with E-state index in [-0.39, 0.29) is 12.5 Å². The molecule has 0 unspecified atom stereocenters. The maximum atomic E-state index is 11.1. The van der Waals surface area contributed by atoms with E-state index >= 15 is 0 Å². The molecule has 2 N–H and O–H groups in total. The maximum Gasteiger partial charge on any atom is 0.221 e. The number of allylic oxidation sites excluding steroid dienone is 1. The molecule has 0 radical (unpaired) electrons. The Balaban J connectivity index is 1.92. The van der Waals surface area contributed by atoms with E-state index < -0.39 is 0 Å². The van der Waals surface area contributed by atoms with Crippen LogP contribution in [0.15, 0.2) is 35.9 Å². The number of aliphatic hydroxyl groups excluding tert-OH is 1. The van der Waals surface area contributed by atoms with Crippen LogP contribution in [0.5, 0.6) is 0 Å². The Morgan fingerprint density at radius 2 is 1.96 bits per heavy atom. The third-order valence-corrected chi connectivity index (χ3v) is 4.57. The first-order valence-electron chi connectivity index (χ1n) is 9.05. The van der Waals surface area contributed by atoms with Crippen molar-refractivity contribution in [1.82, 2.24) is 9.80 Å². The molecule has 2 rings (SSSR count). The fourth-order valence-corrected chi connectivity index (χ4v) is 3.22. The molecule has 1 aliphatic heterocycles. The molecule has 1 saturated heterocycles. The van der Waals surface area contributed by atoms with Gasteiger partial charge in [0, 0.05) is 58.0 Å². The van der Waals surface area contributed by atoms with E-state index in [0.29, 0.717) is 6.04 Å². The van der Waals surface area contributed by atoms with Gasteiger partial charge in [-0.25, -0.2) is 0 Å². The largest absolute Gasteiger partial charge is 0.396 e. The minimum atomic E-state index is -0.0490. The first kappa shape index (κ1) is 19.6. The van der Waals surface area contributed by atoms with Crippen LogP contribution in [-0.2, 0) is 11.3 Å². The van der Waals surface area contributed by atoms with Crippen molar-refractivity contribution in [2.75, 3.05) is 38.1 Å². The van der Waals surface area contributed by atoms with Gasteiger partial charge in [0.15, 0.2) is 0 Å². The molecule has 0 bridgehead atoms. The van der Waals surface area contributed by atoms with Gasteiger partial charge < -0.3 is 10.4 Å². The maximum absolute atomic E-state index is 11.1. The summed E-state index contributed by atoms with van der Waals surface area (Å²) in [6.45, 7) is 10.9. The highest BCUT2D eigenvalue weighted by molar-refractivity contribution is 5.88. The zero-order valence-electron chi connectivity index (χ0n) is 15.7. The lowest BCUT2D eigenvalue weighted by Crippen LogP contribution is -2.53. The number of benzene rings is 1. The van der Waals surface area contributed by atoms with Gasteiger partial charge in [0.2, 0.25) is 5.91 Å². The van der Waals surface area contributed by atoms with E-state index in [1.165, 1.54) is 18.1 Å². The van der Waals surface area contributed by atoms with Crippen LogP contribution in [0.3, 0.4) is 0 Å². The Morgan fingerprint density at radius 3 is 2.56 bits per heavy atom. The summed E-state index contributed by atoms with van der Waals surface area (Å²) in [5.41, 5.74) is 3.42. The highest BCUT2D eigenvalue weighted by Crippen LogP contribution is 2.17. The molecular weight excluding hydrogens is 314 g/mol. The fraction of sp³-hybridized carbons (Fsp3) is 0.550. The molecular formula is C20H31N3O2. The Labute approximate surface area is 151 Å². The molecule has 1 aromatic rings. The summed E-state index contributed by atoms with van der Waals surface area (Å²) < 4.78 is 0. The summed E-state index contributed by atoms with van der Waals surface area (Å²) >= 11 is 0. The third kappa shape index (κ3) is 6.61. The van der Waals surface area contributed by atoms with E-state index in [1.54, 1.807) is 0 Å². The quantitative estimate of drug-likeness (QED) is 0.746. The molecule has 138 valence electrons. The first-order valence-corrected chi connectivity index (χ1v) is 9.05. The van der Waals surface area contributed by atoms with Gasteiger partial charge >= 0.3 is 0 Å². The predicted molar refractivity (Wildman–Crippen MR) is 103 cm³/mol. The van der Waals surface area contributed by atoms with Gasteiger partial charge in [0.1, 0.15) is 0 Å². The standard InChI is InChI=1S/C20H31N3O2/c1-16(2)8-10-23-12-11-22(15-20(23)9-13-24)14-18-4-6-19(7-5-18)21-17(3)25/h4-8,20,24H,9-15H2,1-3H3,(H,21,25)/t20-/m1/s1. The number of hydrogen-bond donors (Lipinski definition) is 2. The topological polar surface area (TPSA) is 55.8 Å². The molecule has 0 aromatic heterocycles. The van der Waals surface area contributed by atoms with Crippen molar-refractivity contribution in [3.8, 4) is 0 Å². The number of anilines is 1. The molecule has 1 fully saturated rings. The molecule has 0 aliphatic carbocycles. The van der Waals surface area contributed by atoms with E-state index in [0.717, 1.165) is 44.8 Å². The molecule has 0 spiro atoms. The van der Waals surface area contributed by atoms with Crippen LogP contribution in [-0.4, -0.2) is 59.6 Å². The molecule has 1 amide bonds. The number of amides is 1. The third-order valence-electron chi connectivity index (χ3n) is 4.57. The second-order valence-corrected chi connectivity index (χ2v) is 7.06. The fourth-order valence-electron chi connectivity index (χ4n) is 3.22. The lowest BCUT2D eigenvalue weighted by atomic mass is 10.1. The van der Waals surface area contributed by atoms with Crippen LogP contribution in [0.4, 0.5) is 5.69 Å². The van der Waals surface area contributed by atoms with Crippen LogP contribution < -0.4 is 5.32 Å². The lowest BCUT2D eigenvalue weighted by molar-refractivity contribution is -0.114. The van der Waals surface area contributed by atoms with Crippen LogP contribution in [0.25, 0.3) is 0 Å². The van der Waals surface area contributed by atoms with E-state index in [9.17, 15) is 9.90 Å². The minimum absolute atomic E-state index is 0.0490. The molecule has 1 heterocycles. The van der Waals surface area contributed by atoms with Gasteiger partial charge in [-0.3, -0.25) is 14.6 Å². The number of hydrogen-bond acceptors (Lipinski definition) is 4. The van der Waals surface area contributed by atoms with E-state index in [4.69, 9.17) is 0 Å². The zero-order chi connectivity index (χ0) is 18.2. The second kappa shape index (κ2) is 9.70. The van der Waals surface area contributed by atoms with Crippen LogP contribution in [0.1, 0.15) is 32.8 Å². The Morgan fingerprint density at radius 1 is 1.24 bits per heavy atom. The number of piperazine rings is 1. The summed E-state index contributed by atoms with van der Waals surface area (Å²) in [5, 5.41) is 12.2. The SMILES string of the molecule is CC(=O)Nc1ccc(CN2CCN(CC=C(C)C)[C@H](CCO)C2)cc1. The second-order valence-electron chi connectivity index (χ2n) is 7.06. The highest BCUT2D eigenvalue weighted by atomic mass is 16.3. The number of aliphatic hydroxyl groups is 1. The van der Waals surface area contributed by atoms with Crippen molar-refractivity contribution in [2.24, 2.45) is 0 Å². The summed E-state index contributed by atoms with van der Waals surface area (Å²) in [5.74, 6) is -0.0490. The predicted octanol–water partition coefficient (Wildman–Crippen LogP) is 2.48. The van der Waals surface area contributed by atoms with Gasteiger partial charge in [0.25, 0.3) is 0 Å². The van der Waals surface area contributed by atoms with Gasteiger partial charge in [-0.15, -0.1) is 0 Å². The summed E-state index contributed by atoms with van der Waals surface area (Å²) in [4.78, 5) is 16.0. The molecule has 5 nitrogen and oxygen atoms in total. The summed E-state index contributed by atoms with van der Waals surface area (Å²) in [6, 6.07) is 8.44. The number of nitrogens with zero attached hydrogens (tertiary/aromatic N) is 2. The number of rotatable bonds is 7. The molecule has 5 heteroatoms. The van der Waals surface area contributed by atoms with Gasteiger partial charge in [-0.1, -0.05) is 23.8 Å². The van der Waals surface area contributed by atoms with Crippen molar-refractivity contribution < 1.29 is 9.90 Å². The van der Waals surface area contributed by atoms with Crippen molar-refractivity contribution in [2.45, 2.75) is 39.8 Å². The van der Waals surface area contributed by atoms with Gasteiger partial charge in [0.05, 0.1) is 0 Å². The Hall–Kier alpha value is -1.69. The van der Waals surface area contributed by atoms with Crippen molar-refractivity contribution >= 4 is 11.6 Å². The van der Waals surface area contributed by atoms with Gasteiger partial charge in [-0.2, -0.15) is 0 Å². The highest BCUT2D eigenvalue weighted by Gasteiger charge is 2.25. The van der Waals surface area contributed by atoms with Crippen molar-refractivity contribution in [3.05, 3.63) is 41.5 Å². The van der Waals surface area contributed by atoms with Crippen molar-refractivity contribution in [1.29, 1.82) is 0 Å². The monoisotopic (exact) mass is 345 g/mol. The molecule has 1 aliphatic rings. The van der Waals surface area contributed by atoms with Crippen LogP contribution in [0, 0.1) is 0 Å². The number of carbonyl (C=O) groups is 1. The van der Waals surface area contributed by atoms with E-state index in [2.05, 4.69) is 47.2 Å². The molecule has 25 heavy (non-hydrogen) atoms. The minimum Gasteiger partial charge on any atom is -0.396 e. The number of carbonyl (C=O) groups excluding carboxylic acids is 1. The Bertz CT molecular complexity index is 579. The zero-order valence-corrected chi connectivity index (χ0v) is 15.7. The summed E-state index contributed by atoms with van der Waals surface area (Å²) in [7, 11) is 0. The van der Waals surface area contributed by atoms with Crippen LogP contribution >= 0.6 is 0 Å². The van der Waals surface area contributed by atoms with Crippen LogP contribution in [0.2, 0.25) is 0 Å². The average molecular weight is 345 g/mol. The van der Waals surface area contributed by atoms with E-state index in [1.807, 2.05) is 12.1 Å². The molecule has 1 aromatic carbocycles.